The van der Waals surface area contributed by atoms with Gasteiger partial charge in [-0.15, -0.1) is 0 Å². The molecule has 0 bridgehead atoms. The SMILES string of the molecule is COc1ccc(CCC(N)c2cccnc2)cc1OC. The molecule has 0 amide bonds. The maximum Gasteiger partial charge on any atom is 0.160 e. The summed E-state index contributed by atoms with van der Waals surface area (Å²) in [5.74, 6) is 1.49. The second-order valence-corrected chi connectivity index (χ2v) is 4.62. The highest BCUT2D eigenvalue weighted by Gasteiger charge is 2.08. The third kappa shape index (κ3) is 3.48. The molecule has 4 nitrogen and oxygen atoms in total. The highest BCUT2D eigenvalue weighted by Crippen LogP contribution is 2.28. The summed E-state index contributed by atoms with van der Waals surface area (Å²) in [6.45, 7) is 0. The van der Waals surface area contributed by atoms with E-state index in [2.05, 4.69) is 4.98 Å². The van der Waals surface area contributed by atoms with Crippen LogP contribution in [0.5, 0.6) is 11.5 Å². The van der Waals surface area contributed by atoms with Crippen molar-refractivity contribution in [2.45, 2.75) is 18.9 Å². The van der Waals surface area contributed by atoms with Crippen LogP contribution in [0.2, 0.25) is 0 Å². The molecule has 1 heterocycles. The topological polar surface area (TPSA) is 57.4 Å². The Hall–Kier alpha value is -2.07. The van der Waals surface area contributed by atoms with Gasteiger partial charge in [0, 0.05) is 18.4 Å². The smallest absolute Gasteiger partial charge is 0.160 e. The molecule has 0 fully saturated rings. The van der Waals surface area contributed by atoms with Crippen molar-refractivity contribution in [3.05, 3.63) is 53.9 Å². The van der Waals surface area contributed by atoms with E-state index in [9.17, 15) is 0 Å². The first-order chi connectivity index (χ1) is 9.74. The number of nitrogens with zero attached hydrogens (tertiary/aromatic N) is 1. The van der Waals surface area contributed by atoms with Crippen LogP contribution in [0.3, 0.4) is 0 Å². The van der Waals surface area contributed by atoms with E-state index in [1.54, 1.807) is 20.4 Å². The molecule has 2 N–H and O–H groups in total. The highest BCUT2D eigenvalue weighted by molar-refractivity contribution is 5.42. The maximum atomic E-state index is 6.17. The van der Waals surface area contributed by atoms with Gasteiger partial charge >= 0.3 is 0 Å². The molecule has 20 heavy (non-hydrogen) atoms. The van der Waals surface area contributed by atoms with Gasteiger partial charge in [-0.25, -0.2) is 0 Å². The van der Waals surface area contributed by atoms with Gasteiger partial charge in [0.1, 0.15) is 0 Å². The van der Waals surface area contributed by atoms with Crippen molar-refractivity contribution in [3.63, 3.8) is 0 Å². The van der Waals surface area contributed by atoms with Crippen molar-refractivity contribution in [1.82, 2.24) is 4.98 Å². The first-order valence-corrected chi connectivity index (χ1v) is 6.61. The zero-order valence-corrected chi connectivity index (χ0v) is 11.9. The van der Waals surface area contributed by atoms with Crippen molar-refractivity contribution < 1.29 is 9.47 Å². The molecule has 0 saturated heterocycles. The van der Waals surface area contributed by atoms with Crippen LogP contribution in [0.15, 0.2) is 42.7 Å². The number of pyridine rings is 1. The molecule has 0 radical (unpaired) electrons. The molecular weight excluding hydrogens is 252 g/mol. The van der Waals surface area contributed by atoms with Gasteiger partial charge in [-0.2, -0.15) is 0 Å². The molecule has 2 aromatic rings. The molecule has 1 aromatic heterocycles. The van der Waals surface area contributed by atoms with Crippen molar-refractivity contribution in [1.29, 1.82) is 0 Å². The Morgan fingerprint density at radius 3 is 2.60 bits per heavy atom. The van der Waals surface area contributed by atoms with Crippen LogP contribution >= 0.6 is 0 Å². The fourth-order valence-electron chi connectivity index (χ4n) is 2.12. The number of aromatic nitrogens is 1. The fraction of sp³-hybridized carbons (Fsp3) is 0.312. The second kappa shape index (κ2) is 6.91. The number of rotatable bonds is 6. The van der Waals surface area contributed by atoms with Gasteiger partial charge in [0.15, 0.2) is 11.5 Å². The summed E-state index contributed by atoms with van der Waals surface area (Å²) in [6, 6.07) is 9.87. The third-order valence-electron chi connectivity index (χ3n) is 3.30. The predicted octanol–water partition coefficient (Wildman–Crippen LogP) is 2.73. The van der Waals surface area contributed by atoms with Gasteiger partial charge < -0.3 is 15.2 Å². The van der Waals surface area contributed by atoms with Crippen LogP contribution in [0.4, 0.5) is 0 Å². The van der Waals surface area contributed by atoms with Gasteiger partial charge in [-0.1, -0.05) is 12.1 Å². The number of ether oxygens (including phenoxy) is 2. The molecule has 106 valence electrons. The molecule has 4 heteroatoms. The van der Waals surface area contributed by atoms with E-state index in [0.717, 1.165) is 29.9 Å². The molecule has 0 saturated carbocycles. The second-order valence-electron chi connectivity index (χ2n) is 4.62. The van der Waals surface area contributed by atoms with E-state index < -0.39 is 0 Å². The summed E-state index contributed by atoms with van der Waals surface area (Å²) in [4.78, 5) is 4.09. The van der Waals surface area contributed by atoms with Crippen LogP contribution in [0.1, 0.15) is 23.6 Å². The third-order valence-corrected chi connectivity index (χ3v) is 3.30. The van der Waals surface area contributed by atoms with Crippen LogP contribution < -0.4 is 15.2 Å². The van der Waals surface area contributed by atoms with Crippen LogP contribution in [0.25, 0.3) is 0 Å². The molecule has 0 spiro atoms. The van der Waals surface area contributed by atoms with E-state index in [0.29, 0.717) is 0 Å². The van der Waals surface area contributed by atoms with Gasteiger partial charge in [0.2, 0.25) is 0 Å². The van der Waals surface area contributed by atoms with Gasteiger partial charge in [-0.3, -0.25) is 4.98 Å². The standard InChI is InChI=1S/C16H20N2O2/c1-19-15-8-6-12(10-16(15)20-2)5-7-14(17)13-4-3-9-18-11-13/h3-4,6,8-11,14H,5,7,17H2,1-2H3. The molecule has 2 rings (SSSR count). The molecule has 0 aliphatic rings. The van der Waals surface area contributed by atoms with Gasteiger partial charge in [-0.05, 0) is 42.2 Å². The van der Waals surface area contributed by atoms with Crippen LogP contribution in [-0.4, -0.2) is 19.2 Å². The summed E-state index contributed by atoms with van der Waals surface area (Å²) in [7, 11) is 3.28. The van der Waals surface area contributed by atoms with Crippen molar-refractivity contribution in [3.8, 4) is 11.5 Å². The largest absolute Gasteiger partial charge is 0.493 e. The number of hydrogen-bond acceptors (Lipinski definition) is 4. The number of aryl methyl sites for hydroxylation is 1. The molecule has 0 aliphatic heterocycles. The highest BCUT2D eigenvalue weighted by atomic mass is 16.5. The normalized spacial score (nSPS) is 11.9. The summed E-state index contributed by atoms with van der Waals surface area (Å²) in [6.07, 6.45) is 5.32. The van der Waals surface area contributed by atoms with Crippen LogP contribution in [0, 0.1) is 0 Å². The Morgan fingerprint density at radius 2 is 1.95 bits per heavy atom. The lowest BCUT2D eigenvalue weighted by Gasteiger charge is -2.13. The summed E-state index contributed by atoms with van der Waals surface area (Å²) in [5.41, 5.74) is 8.42. The Kier molecular flexibility index (Phi) is 4.96. The van der Waals surface area contributed by atoms with Gasteiger partial charge in [0.05, 0.1) is 14.2 Å². The number of hydrogen-bond donors (Lipinski definition) is 1. The molecular formula is C16H20N2O2. The zero-order chi connectivity index (χ0) is 14.4. The summed E-state index contributed by atoms with van der Waals surface area (Å²) in [5, 5.41) is 0. The number of nitrogens with two attached hydrogens (primary N) is 1. The average molecular weight is 272 g/mol. The molecule has 1 aromatic carbocycles. The van der Waals surface area contributed by atoms with E-state index in [4.69, 9.17) is 15.2 Å². The summed E-state index contributed by atoms with van der Waals surface area (Å²) < 4.78 is 10.5. The first kappa shape index (κ1) is 14.3. The van der Waals surface area contributed by atoms with E-state index in [-0.39, 0.29) is 6.04 Å². The Bertz CT molecular complexity index is 543. The Balaban J connectivity index is 2.00. The zero-order valence-electron chi connectivity index (χ0n) is 11.9. The Labute approximate surface area is 119 Å². The van der Waals surface area contributed by atoms with Crippen molar-refractivity contribution in [2.75, 3.05) is 14.2 Å². The lowest BCUT2D eigenvalue weighted by atomic mass is 10.0. The van der Waals surface area contributed by atoms with Crippen LogP contribution in [-0.2, 0) is 6.42 Å². The number of methoxy groups -OCH3 is 2. The Morgan fingerprint density at radius 1 is 1.15 bits per heavy atom. The number of benzene rings is 1. The van der Waals surface area contributed by atoms with E-state index >= 15 is 0 Å². The van der Waals surface area contributed by atoms with Crippen molar-refractivity contribution in [2.24, 2.45) is 5.73 Å². The maximum absolute atomic E-state index is 6.17. The minimum Gasteiger partial charge on any atom is -0.493 e. The monoisotopic (exact) mass is 272 g/mol. The van der Waals surface area contributed by atoms with E-state index in [1.807, 2.05) is 36.5 Å². The summed E-state index contributed by atoms with van der Waals surface area (Å²) >= 11 is 0. The van der Waals surface area contributed by atoms with Gasteiger partial charge in [0.25, 0.3) is 0 Å². The predicted molar refractivity (Wildman–Crippen MR) is 79.0 cm³/mol. The quantitative estimate of drug-likeness (QED) is 0.878. The molecule has 1 atom stereocenters. The minimum absolute atomic E-state index is 0.00297. The van der Waals surface area contributed by atoms with E-state index in [1.165, 1.54) is 5.56 Å². The molecule has 0 aliphatic carbocycles. The fourth-order valence-corrected chi connectivity index (χ4v) is 2.12. The average Bonchev–Trinajstić information content (AvgIpc) is 2.53. The van der Waals surface area contributed by atoms with Crippen molar-refractivity contribution >= 4 is 0 Å². The lowest BCUT2D eigenvalue weighted by molar-refractivity contribution is 0.354. The lowest BCUT2D eigenvalue weighted by Crippen LogP contribution is -2.11. The first-order valence-electron chi connectivity index (χ1n) is 6.61. The minimum atomic E-state index is -0.00297. The molecule has 1 unspecified atom stereocenters.